The van der Waals surface area contributed by atoms with E-state index in [0.29, 0.717) is 11.7 Å². The van der Waals surface area contributed by atoms with Crippen molar-refractivity contribution < 1.29 is 9.32 Å². The molecule has 6 heteroatoms. The number of hydrogen-bond donors (Lipinski definition) is 2. The molecule has 126 valence electrons. The minimum atomic E-state index is -0.470. The van der Waals surface area contributed by atoms with Gasteiger partial charge in [0.15, 0.2) is 5.82 Å². The molecule has 1 saturated carbocycles. The van der Waals surface area contributed by atoms with E-state index in [2.05, 4.69) is 34.8 Å². The molecule has 1 amide bonds. The Bertz CT molecular complexity index is 764. The normalized spacial score (nSPS) is 24.4. The van der Waals surface area contributed by atoms with Crippen molar-refractivity contribution in [3.8, 4) is 0 Å². The summed E-state index contributed by atoms with van der Waals surface area (Å²) >= 11 is 0. The number of carbonyl (C=O) groups is 1. The molecule has 24 heavy (non-hydrogen) atoms. The highest BCUT2D eigenvalue weighted by Gasteiger charge is 2.42. The van der Waals surface area contributed by atoms with Gasteiger partial charge in [0.1, 0.15) is 5.54 Å². The van der Waals surface area contributed by atoms with Crippen LogP contribution >= 0.6 is 0 Å². The van der Waals surface area contributed by atoms with Crippen LogP contribution < -0.4 is 10.6 Å². The number of hydrogen-bond acceptors (Lipinski definition) is 5. The van der Waals surface area contributed by atoms with E-state index in [1.165, 1.54) is 5.56 Å². The lowest BCUT2D eigenvalue weighted by atomic mass is 9.94. The number of nitrogens with zero attached hydrogens (tertiary/aromatic N) is 2. The molecule has 2 heterocycles. The van der Waals surface area contributed by atoms with Gasteiger partial charge in [-0.15, -0.1) is 0 Å². The number of amides is 1. The summed E-state index contributed by atoms with van der Waals surface area (Å²) in [6.45, 7) is 3.66. The number of carbonyl (C=O) groups excluding carboxylic acids is 1. The smallest absolute Gasteiger partial charge is 0.236 e. The summed E-state index contributed by atoms with van der Waals surface area (Å²) in [4.78, 5) is 16.4. The van der Waals surface area contributed by atoms with E-state index in [1.807, 2.05) is 12.1 Å². The number of anilines is 1. The van der Waals surface area contributed by atoms with Crippen LogP contribution in [0.25, 0.3) is 0 Å². The summed E-state index contributed by atoms with van der Waals surface area (Å²) in [5.74, 6) is 1.22. The van der Waals surface area contributed by atoms with Gasteiger partial charge in [-0.2, -0.15) is 4.98 Å². The molecule has 1 aliphatic heterocycles. The third-order valence-corrected chi connectivity index (χ3v) is 5.19. The summed E-state index contributed by atoms with van der Waals surface area (Å²) < 4.78 is 5.64. The van der Waals surface area contributed by atoms with E-state index >= 15 is 0 Å². The highest BCUT2D eigenvalue weighted by molar-refractivity contribution is 5.74. The highest BCUT2D eigenvalue weighted by atomic mass is 16.5. The quantitative estimate of drug-likeness (QED) is 0.906. The summed E-state index contributed by atoms with van der Waals surface area (Å²) in [6.07, 6.45) is 3.85. The fraction of sp³-hybridized carbons (Fsp3) is 0.500. The number of aromatic nitrogens is 2. The second-order valence-electron chi connectivity index (χ2n) is 6.92. The first-order valence-electron chi connectivity index (χ1n) is 8.57. The maximum Gasteiger partial charge on any atom is 0.236 e. The van der Waals surface area contributed by atoms with Crippen LogP contribution in [0, 0.1) is 0 Å². The van der Waals surface area contributed by atoms with Crippen LogP contribution in [0.1, 0.15) is 62.7 Å². The molecule has 0 saturated heterocycles. The molecule has 1 aromatic heterocycles. The molecule has 1 fully saturated rings. The van der Waals surface area contributed by atoms with Crippen LogP contribution in [0.5, 0.6) is 0 Å². The Labute approximate surface area is 141 Å². The van der Waals surface area contributed by atoms with Crippen molar-refractivity contribution in [1.29, 1.82) is 0 Å². The van der Waals surface area contributed by atoms with Gasteiger partial charge in [-0.3, -0.25) is 4.79 Å². The molecule has 2 unspecified atom stereocenters. The first-order valence-corrected chi connectivity index (χ1v) is 8.57. The minimum absolute atomic E-state index is 0.0400. The van der Waals surface area contributed by atoms with Crippen LogP contribution in [0.15, 0.2) is 28.8 Å². The molecule has 2 N–H and O–H groups in total. The molecule has 2 aliphatic rings. The average Bonchev–Trinajstić information content (AvgIpc) is 3.23. The predicted molar refractivity (Wildman–Crippen MR) is 89.6 cm³/mol. The van der Waals surface area contributed by atoms with E-state index in [4.69, 9.17) is 9.51 Å². The number of fused-ring (bicyclic) bond motifs is 1. The fourth-order valence-corrected chi connectivity index (χ4v) is 4.12. The van der Waals surface area contributed by atoms with Crippen molar-refractivity contribution in [3.63, 3.8) is 0 Å². The lowest BCUT2D eigenvalue weighted by Gasteiger charge is -2.25. The van der Waals surface area contributed by atoms with Crippen LogP contribution in [-0.4, -0.2) is 22.1 Å². The average molecular weight is 326 g/mol. The van der Waals surface area contributed by atoms with Gasteiger partial charge in [0.05, 0.1) is 5.92 Å². The van der Waals surface area contributed by atoms with Gasteiger partial charge in [-0.05, 0) is 31.4 Å². The van der Waals surface area contributed by atoms with Crippen molar-refractivity contribution in [3.05, 3.63) is 41.5 Å². The predicted octanol–water partition coefficient (Wildman–Crippen LogP) is 2.92. The molecule has 6 nitrogen and oxygen atoms in total. The molecule has 2 atom stereocenters. The van der Waals surface area contributed by atoms with Gasteiger partial charge in [0, 0.05) is 18.7 Å². The summed E-state index contributed by atoms with van der Waals surface area (Å²) in [7, 11) is 0. The van der Waals surface area contributed by atoms with Gasteiger partial charge in [0.25, 0.3) is 0 Å². The van der Waals surface area contributed by atoms with Crippen LogP contribution in [-0.2, 0) is 10.3 Å². The topological polar surface area (TPSA) is 80.0 Å². The van der Waals surface area contributed by atoms with Gasteiger partial charge >= 0.3 is 0 Å². The van der Waals surface area contributed by atoms with Crippen LogP contribution in [0.2, 0.25) is 0 Å². The van der Waals surface area contributed by atoms with Gasteiger partial charge in [0.2, 0.25) is 11.8 Å². The molecule has 0 spiro atoms. The van der Waals surface area contributed by atoms with Crippen molar-refractivity contribution in [2.75, 3.05) is 5.32 Å². The second kappa shape index (κ2) is 5.61. The van der Waals surface area contributed by atoms with E-state index in [1.54, 1.807) is 6.92 Å². The fourth-order valence-electron chi connectivity index (χ4n) is 4.12. The third kappa shape index (κ3) is 2.37. The Kier molecular flexibility index (Phi) is 3.55. The number of rotatable bonds is 3. The van der Waals surface area contributed by atoms with Gasteiger partial charge in [-0.1, -0.05) is 36.2 Å². The summed E-state index contributed by atoms with van der Waals surface area (Å²) in [5.41, 5.74) is 1.83. The number of nitrogens with one attached hydrogen (secondary N) is 2. The zero-order valence-electron chi connectivity index (χ0n) is 14.0. The Hall–Kier alpha value is -2.37. The number of para-hydroxylation sites is 1. The molecule has 0 bridgehead atoms. The largest absolute Gasteiger partial charge is 0.381 e. The third-order valence-electron chi connectivity index (χ3n) is 5.19. The van der Waals surface area contributed by atoms with Gasteiger partial charge in [-0.25, -0.2) is 0 Å². The van der Waals surface area contributed by atoms with E-state index in [0.717, 1.165) is 31.4 Å². The van der Waals surface area contributed by atoms with Crippen molar-refractivity contribution in [2.45, 2.75) is 57.0 Å². The molecule has 0 radical (unpaired) electrons. The summed E-state index contributed by atoms with van der Waals surface area (Å²) in [6, 6.07) is 8.40. The molecular formula is C18H22N4O2. The summed E-state index contributed by atoms with van der Waals surface area (Å²) in [5, 5.41) is 10.8. The molecular weight excluding hydrogens is 304 g/mol. The van der Waals surface area contributed by atoms with E-state index in [-0.39, 0.29) is 17.9 Å². The molecule has 2 aromatic rings. The molecule has 1 aliphatic carbocycles. The first kappa shape index (κ1) is 15.2. The minimum Gasteiger partial charge on any atom is -0.381 e. The molecule has 4 rings (SSSR count). The monoisotopic (exact) mass is 326 g/mol. The Balaban J connectivity index is 1.69. The maximum absolute atomic E-state index is 11.6. The lowest BCUT2D eigenvalue weighted by molar-refractivity contribution is -0.121. The standard InChI is InChI=1S/C18H22N4O2/c1-11-15(13-7-3-4-8-14(13)19-11)16-20-17(22-24-16)18(21-12(2)23)9-5-6-10-18/h3-4,7-8,11,15,19H,5-6,9-10H2,1-2H3,(H,21,23). The Morgan fingerprint density at radius 1 is 1.33 bits per heavy atom. The van der Waals surface area contributed by atoms with E-state index in [9.17, 15) is 4.79 Å². The lowest BCUT2D eigenvalue weighted by Crippen LogP contribution is -2.43. The van der Waals surface area contributed by atoms with Crippen molar-refractivity contribution in [2.24, 2.45) is 0 Å². The van der Waals surface area contributed by atoms with E-state index < -0.39 is 5.54 Å². The second-order valence-corrected chi connectivity index (χ2v) is 6.92. The maximum atomic E-state index is 11.6. The van der Waals surface area contributed by atoms with Crippen molar-refractivity contribution in [1.82, 2.24) is 15.5 Å². The Morgan fingerprint density at radius 3 is 2.83 bits per heavy atom. The SMILES string of the molecule is CC(=O)NC1(c2noc(C3c4ccccc4NC3C)n2)CCCC1. The van der Waals surface area contributed by atoms with Crippen molar-refractivity contribution >= 4 is 11.6 Å². The first-order chi connectivity index (χ1) is 11.6. The zero-order chi connectivity index (χ0) is 16.7. The molecule has 1 aromatic carbocycles. The Morgan fingerprint density at radius 2 is 2.08 bits per heavy atom. The van der Waals surface area contributed by atoms with Crippen LogP contribution in [0.4, 0.5) is 5.69 Å². The number of benzene rings is 1. The van der Waals surface area contributed by atoms with Gasteiger partial charge < -0.3 is 15.2 Å². The zero-order valence-corrected chi connectivity index (χ0v) is 14.0. The van der Waals surface area contributed by atoms with Crippen LogP contribution in [0.3, 0.4) is 0 Å². The highest BCUT2D eigenvalue weighted by Crippen LogP contribution is 2.41.